The van der Waals surface area contributed by atoms with E-state index in [-0.39, 0.29) is 0 Å². The second kappa shape index (κ2) is 4.01. The monoisotopic (exact) mass is 190 g/mol. The smallest absolute Gasteiger partial charge is 0.0376 e. The number of hydrogen-bond donors (Lipinski definition) is 2. The van der Waals surface area contributed by atoms with E-state index in [9.17, 15) is 0 Å². The molecule has 0 bridgehead atoms. The zero-order valence-corrected chi connectivity index (χ0v) is 8.88. The van der Waals surface area contributed by atoms with Gasteiger partial charge in [-0.05, 0) is 11.6 Å². The van der Waals surface area contributed by atoms with E-state index in [4.69, 9.17) is 0 Å². The predicted octanol–water partition coefficient (Wildman–Crippen LogP) is 2.19. The lowest BCUT2D eigenvalue weighted by Crippen LogP contribution is -2.28. The second-order valence-electron chi connectivity index (χ2n) is 4.23. The molecule has 2 rings (SSSR count). The van der Waals surface area contributed by atoms with Gasteiger partial charge in [-0.2, -0.15) is 0 Å². The van der Waals surface area contributed by atoms with Crippen LogP contribution in [0.3, 0.4) is 0 Å². The molecule has 14 heavy (non-hydrogen) atoms. The summed E-state index contributed by atoms with van der Waals surface area (Å²) < 4.78 is 0. The van der Waals surface area contributed by atoms with E-state index >= 15 is 0 Å². The molecule has 1 atom stereocenters. The molecule has 0 fully saturated rings. The molecule has 0 aromatic heterocycles. The lowest BCUT2D eigenvalue weighted by molar-refractivity contribution is 0.547. The van der Waals surface area contributed by atoms with E-state index in [1.54, 1.807) is 0 Å². The molecule has 76 valence electrons. The summed E-state index contributed by atoms with van der Waals surface area (Å²) in [6, 6.07) is 9.16. The van der Waals surface area contributed by atoms with Crippen LogP contribution in [-0.2, 0) is 0 Å². The lowest BCUT2D eigenvalue weighted by Gasteiger charge is -2.13. The van der Waals surface area contributed by atoms with E-state index in [2.05, 4.69) is 48.7 Å². The summed E-state index contributed by atoms with van der Waals surface area (Å²) in [7, 11) is 0. The molecule has 0 amide bonds. The summed E-state index contributed by atoms with van der Waals surface area (Å²) in [5.74, 6) is 0.633. The third-order valence-electron chi connectivity index (χ3n) is 2.71. The second-order valence-corrected chi connectivity index (χ2v) is 4.23. The topological polar surface area (TPSA) is 24.1 Å². The van der Waals surface area contributed by atoms with Gasteiger partial charge in [-0.25, -0.2) is 0 Å². The molecule has 2 nitrogen and oxygen atoms in total. The molecule has 1 aliphatic rings. The molecule has 0 spiro atoms. The average Bonchev–Trinajstić information content (AvgIpc) is 2.58. The normalized spacial score (nSPS) is 19.5. The highest BCUT2D eigenvalue weighted by atomic mass is 15.0. The van der Waals surface area contributed by atoms with Crippen LogP contribution in [0.4, 0.5) is 5.69 Å². The Morgan fingerprint density at radius 1 is 1.43 bits per heavy atom. The van der Waals surface area contributed by atoms with Crippen molar-refractivity contribution in [3.05, 3.63) is 29.8 Å². The van der Waals surface area contributed by atoms with Crippen molar-refractivity contribution in [2.24, 2.45) is 0 Å². The van der Waals surface area contributed by atoms with Crippen molar-refractivity contribution >= 4 is 5.69 Å². The van der Waals surface area contributed by atoms with E-state index in [1.807, 2.05) is 0 Å². The largest absolute Gasteiger partial charge is 0.384 e. The fourth-order valence-corrected chi connectivity index (χ4v) is 1.92. The van der Waals surface area contributed by atoms with Gasteiger partial charge in [0.1, 0.15) is 0 Å². The Hall–Kier alpha value is -1.02. The quantitative estimate of drug-likeness (QED) is 0.763. The third-order valence-corrected chi connectivity index (χ3v) is 2.71. The van der Waals surface area contributed by atoms with Crippen LogP contribution in [0, 0.1) is 0 Å². The van der Waals surface area contributed by atoms with Crippen LogP contribution in [0.5, 0.6) is 0 Å². The molecule has 1 aromatic rings. The van der Waals surface area contributed by atoms with Gasteiger partial charge in [0.2, 0.25) is 0 Å². The van der Waals surface area contributed by atoms with Crippen LogP contribution in [0.15, 0.2) is 24.3 Å². The zero-order valence-electron chi connectivity index (χ0n) is 8.88. The molecule has 0 saturated carbocycles. The maximum Gasteiger partial charge on any atom is 0.0376 e. The number of anilines is 1. The number of benzene rings is 1. The maximum atomic E-state index is 3.49. The molecule has 1 unspecified atom stereocenters. The van der Waals surface area contributed by atoms with Crippen molar-refractivity contribution in [3.63, 3.8) is 0 Å². The van der Waals surface area contributed by atoms with Gasteiger partial charge >= 0.3 is 0 Å². The molecular weight excluding hydrogens is 172 g/mol. The minimum Gasteiger partial charge on any atom is -0.384 e. The number of rotatable bonds is 3. The van der Waals surface area contributed by atoms with Crippen LogP contribution >= 0.6 is 0 Å². The highest BCUT2D eigenvalue weighted by Crippen LogP contribution is 2.30. The molecule has 0 saturated heterocycles. The van der Waals surface area contributed by atoms with Crippen molar-refractivity contribution in [1.29, 1.82) is 0 Å². The first kappa shape index (κ1) is 9.53. The number of para-hydroxylation sites is 1. The van der Waals surface area contributed by atoms with Crippen molar-refractivity contribution in [2.75, 3.05) is 18.4 Å². The van der Waals surface area contributed by atoms with Gasteiger partial charge in [0, 0.05) is 30.7 Å². The Balaban J connectivity index is 2.03. The number of fused-ring (bicyclic) bond motifs is 1. The van der Waals surface area contributed by atoms with Crippen LogP contribution in [0.2, 0.25) is 0 Å². The van der Waals surface area contributed by atoms with Gasteiger partial charge in [-0.15, -0.1) is 0 Å². The molecule has 0 radical (unpaired) electrons. The molecule has 0 aliphatic carbocycles. The van der Waals surface area contributed by atoms with Gasteiger partial charge in [0.15, 0.2) is 0 Å². The van der Waals surface area contributed by atoms with Gasteiger partial charge < -0.3 is 10.6 Å². The van der Waals surface area contributed by atoms with Gasteiger partial charge in [-0.1, -0.05) is 32.0 Å². The fraction of sp³-hybridized carbons (Fsp3) is 0.500. The SMILES string of the molecule is CC(C)NCC1CNc2ccccc21. The lowest BCUT2D eigenvalue weighted by atomic mass is 10.0. The predicted molar refractivity (Wildman–Crippen MR) is 60.8 cm³/mol. The Morgan fingerprint density at radius 3 is 3.00 bits per heavy atom. The minimum atomic E-state index is 0.572. The van der Waals surface area contributed by atoms with Crippen molar-refractivity contribution in [2.45, 2.75) is 25.8 Å². The highest BCUT2D eigenvalue weighted by molar-refractivity contribution is 5.57. The van der Waals surface area contributed by atoms with Gasteiger partial charge in [0.05, 0.1) is 0 Å². The highest BCUT2D eigenvalue weighted by Gasteiger charge is 2.20. The van der Waals surface area contributed by atoms with Crippen molar-refractivity contribution < 1.29 is 0 Å². The summed E-state index contributed by atoms with van der Waals surface area (Å²) >= 11 is 0. The molecule has 1 aliphatic heterocycles. The zero-order chi connectivity index (χ0) is 9.97. The number of hydrogen-bond acceptors (Lipinski definition) is 2. The van der Waals surface area contributed by atoms with Crippen molar-refractivity contribution in [1.82, 2.24) is 5.32 Å². The van der Waals surface area contributed by atoms with Crippen LogP contribution in [0.25, 0.3) is 0 Å². The summed E-state index contributed by atoms with van der Waals surface area (Å²) in [4.78, 5) is 0. The Kier molecular flexibility index (Phi) is 2.73. The molecule has 2 N–H and O–H groups in total. The minimum absolute atomic E-state index is 0.572. The van der Waals surface area contributed by atoms with Crippen LogP contribution in [0.1, 0.15) is 25.3 Å². The van der Waals surface area contributed by atoms with Crippen LogP contribution in [-0.4, -0.2) is 19.1 Å². The molecular formula is C12H18N2. The first-order valence-corrected chi connectivity index (χ1v) is 5.33. The van der Waals surface area contributed by atoms with Crippen LogP contribution < -0.4 is 10.6 Å². The molecule has 2 heteroatoms. The Morgan fingerprint density at radius 2 is 2.21 bits per heavy atom. The van der Waals surface area contributed by atoms with E-state index in [1.165, 1.54) is 11.3 Å². The van der Waals surface area contributed by atoms with E-state index in [0.29, 0.717) is 12.0 Å². The molecule has 1 heterocycles. The summed E-state index contributed by atoms with van der Waals surface area (Å²) in [6.45, 7) is 6.52. The summed E-state index contributed by atoms with van der Waals surface area (Å²) in [6.07, 6.45) is 0. The standard InChI is InChI=1S/C12H18N2/c1-9(2)13-7-10-8-14-12-6-4-3-5-11(10)12/h3-6,9-10,13-14H,7-8H2,1-2H3. The van der Waals surface area contributed by atoms with E-state index < -0.39 is 0 Å². The average molecular weight is 190 g/mol. The maximum absolute atomic E-state index is 3.49. The van der Waals surface area contributed by atoms with Gasteiger partial charge in [0.25, 0.3) is 0 Å². The van der Waals surface area contributed by atoms with Crippen molar-refractivity contribution in [3.8, 4) is 0 Å². The number of nitrogens with one attached hydrogen (secondary N) is 2. The Labute approximate surface area is 85.7 Å². The van der Waals surface area contributed by atoms with E-state index in [0.717, 1.165) is 13.1 Å². The van der Waals surface area contributed by atoms with Gasteiger partial charge in [-0.3, -0.25) is 0 Å². The first-order valence-electron chi connectivity index (χ1n) is 5.33. The Bertz CT molecular complexity index is 307. The third kappa shape index (κ3) is 1.90. The first-order chi connectivity index (χ1) is 6.77. The summed E-state index contributed by atoms with van der Waals surface area (Å²) in [5.41, 5.74) is 2.77. The fourth-order valence-electron chi connectivity index (χ4n) is 1.92. The summed E-state index contributed by atoms with van der Waals surface area (Å²) in [5, 5.41) is 6.92. The molecule has 1 aromatic carbocycles.